The van der Waals surface area contributed by atoms with Crippen LogP contribution in [0.3, 0.4) is 0 Å². The van der Waals surface area contributed by atoms with Crippen LogP contribution in [0.4, 0.5) is 0 Å². The molecule has 1 aliphatic heterocycles. The van der Waals surface area contributed by atoms with Crippen molar-refractivity contribution in [2.75, 3.05) is 7.11 Å². The summed E-state index contributed by atoms with van der Waals surface area (Å²) in [6.07, 6.45) is -0.358. The van der Waals surface area contributed by atoms with Crippen molar-refractivity contribution in [3.05, 3.63) is 83.4 Å². The average Bonchev–Trinajstić information content (AvgIpc) is 2.71. The van der Waals surface area contributed by atoms with Crippen molar-refractivity contribution >= 4 is 10.0 Å². The largest absolute Gasteiger partial charge is 0.496 e. The van der Waals surface area contributed by atoms with Crippen LogP contribution in [0.15, 0.2) is 66.7 Å². The van der Waals surface area contributed by atoms with Gasteiger partial charge in [0.1, 0.15) is 17.6 Å². The Morgan fingerprint density at radius 1 is 1.04 bits per heavy atom. The maximum atomic E-state index is 11.9. The number of benzene rings is 3. The number of methoxy groups -OCH3 is 1. The van der Waals surface area contributed by atoms with Gasteiger partial charge in [0.15, 0.2) is 0 Å². The lowest BCUT2D eigenvalue weighted by molar-refractivity contribution is 0.242. The van der Waals surface area contributed by atoms with E-state index >= 15 is 0 Å². The monoisotopic (exact) mass is 395 g/mol. The summed E-state index contributed by atoms with van der Waals surface area (Å²) >= 11 is 0. The Bertz CT molecular complexity index is 1130. The Hall–Kier alpha value is -2.83. The van der Waals surface area contributed by atoms with Gasteiger partial charge in [-0.05, 0) is 41.8 Å². The molecule has 144 valence electrons. The highest BCUT2D eigenvalue weighted by atomic mass is 32.2. The molecular weight excluding hydrogens is 374 g/mol. The number of hydrogen-bond acceptors (Lipinski definition) is 4. The second-order valence-corrected chi connectivity index (χ2v) is 8.71. The predicted molar refractivity (Wildman–Crippen MR) is 109 cm³/mol. The van der Waals surface area contributed by atoms with Crippen molar-refractivity contribution in [3.63, 3.8) is 0 Å². The molecule has 3 aromatic carbocycles. The van der Waals surface area contributed by atoms with Crippen molar-refractivity contribution in [2.45, 2.75) is 18.3 Å². The predicted octanol–water partition coefficient (Wildman–Crippen LogP) is 4.19. The highest BCUT2D eigenvalue weighted by Gasteiger charge is 2.31. The van der Waals surface area contributed by atoms with Crippen molar-refractivity contribution in [3.8, 4) is 22.6 Å². The Balaban J connectivity index is 1.95. The molecule has 0 saturated carbocycles. The van der Waals surface area contributed by atoms with Crippen molar-refractivity contribution in [2.24, 2.45) is 5.14 Å². The van der Waals surface area contributed by atoms with E-state index in [1.54, 1.807) is 20.1 Å². The SMILES string of the molecule is COc1cccc2c1-c1ccc(C(C)S(N)(=O)=O)cc1C(c1ccccc1)O2. The number of ether oxygens (including phenoxy) is 2. The van der Waals surface area contributed by atoms with E-state index < -0.39 is 15.3 Å². The van der Waals surface area contributed by atoms with Gasteiger partial charge in [-0.2, -0.15) is 0 Å². The second-order valence-electron chi connectivity index (χ2n) is 6.82. The molecule has 4 rings (SSSR count). The molecule has 0 aromatic heterocycles. The highest BCUT2D eigenvalue weighted by Crippen LogP contribution is 2.49. The molecule has 1 heterocycles. The maximum Gasteiger partial charge on any atom is 0.215 e. The van der Waals surface area contributed by atoms with Gasteiger partial charge in [-0.3, -0.25) is 0 Å². The summed E-state index contributed by atoms with van der Waals surface area (Å²) in [4.78, 5) is 0. The zero-order valence-electron chi connectivity index (χ0n) is 15.6. The van der Waals surface area contributed by atoms with Crippen molar-refractivity contribution in [1.82, 2.24) is 0 Å². The summed E-state index contributed by atoms with van der Waals surface area (Å²) < 4.78 is 35.6. The van der Waals surface area contributed by atoms with Crippen molar-refractivity contribution < 1.29 is 17.9 Å². The van der Waals surface area contributed by atoms with Gasteiger partial charge in [0.2, 0.25) is 10.0 Å². The molecule has 0 aliphatic carbocycles. The Morgan fingerprint density at radius 3 is 2.46 bits per heavy atom. The molecular formula is C22H21NO4S. The second kappa shape index (κ2) is 6.96. The standard InChI is InChI=1S/C22H21NO4S/c1-14(28(23,24)25)16-11-12-17-18(13-16)22(15-7-4-3-5-8-15)27-20-10-6-9-19(26-2)21(17)20/h3-14,22H,1-2H3,(H2,23,24,25). The number of hydrogen-bond donors (Lipinski definition) is 1. The van der Waals surface area contributed by atoms with Gasteiger partial charge in [-0.25, -0.2) is 13.6 Å². The van der Waals surface area contributed by atoms with Gasteiger partial charge in [0.25, 0.3) is 0 Å². The van der Waals surface area contributed by atoms with Crippen LogP contribution in [0.25, 0.3) is 11.1 Å². The third kappa shape index (κ3) is 3.15. The molecule has 0 saturated heterocycles. The molecule has 2 N–H and O–H groups in total. The van der Waals surface area contributed by atoms with E-state index in [9.17, 15) is 8.42 Å². The summed E-state index contributed by atoms with van der Waals surface area (Å²) in [5.74, 6) is 1.44. The molecule has 1 aliphatic rings. The van der Waals surface area contributed by atoms with E-state index in [1.165, 1.54) is 0 Å². The molecule has 0 bridgehead atoms. The average molecular weight is 395 g/mol. The summed E-state index contributed by atoms with van der Waals surface area (Å²) in [6.45, 7) is 1.59. The Morgan fingerprint density at radius 2 is 1.79 bits per heavy atom. The fourth-order valence-corrected chi connectivity index (χ4v) is 4.10. The molecule has 0 spiro atoms. The normalized spacial score (nSPS) is 16.5. The van der Waals surface area contributed by atoms with E-state index in [4.69, 9.17) is 14.6 Å². The minimum atomic E-state index is -3.70. The van der Waals surface area contributed by atoms with E-state index in [2.05, 4.69) is 0 Å². The summed E-state index contributed by atoms with van der Waals surface area (Å²) in [6, 6.07) is 21.1. The van der Waals surface area contributed by atoms with Crippen LogP contribution in [0.5, 0.6) is 11.5 Å². The third-order valence-corrected chi connectivity index (χ3v) is 6.40. The van der Waals surface area contributed by atoms with Crippen LogP contribution in [0, 0.1) is 0 Å². The van der Waals surface area contributed by atoms with Gasteiger partial charge in [-0.15, -0.1) is 0 Å². The van der Waals surface area contributed by atoms with Gasteiger partial charge in [0, 0.05) is 5.56 Å². The first kappa shape index (κ1) is 18.5. The first-order chi connectivity index (χ1) is 13.4. The first-order valence-corrected chi connectivity index (χ1v) is 10.6. The van der Waals surface area contributed by atoms with Crippen LogP contribution < -0.4 is 14.6 Å². The fraction of sp³-hybridized carbons (Fsp3) is 0.182. The lowest BCUT2D eigenvalue weighted by atomic mass is 9.87. The topological polar surface area (TPSA) is 78.6 Å². The molecule has 0 amide bonds. The molecule has 2 unspecified atom stereocenters. The highest BCUT2D eigenvalue weighted by molar-refractivity contribution is 7.89. The van der Waals surface area contributed by atoms with Crippen LogP contribution >= 0.6 is 0 Å². The molecule has 2 atom stereocenters. The smallest absolute Gasteiger partial charge is 0.215 e. The number of sulfonamides is 1. The zero-order valence-corrected chi connectivity index (χ0v) is 16.4. The van der Waals surface area contributed by atoms with E-state index in [0.717, 1.165) is 28.0 Å². The third-order valence-electron chi connectivity index (χ3n) is 5.14. The maximum absolute atomic E-state index is 11.9. The number of primary sulfonamides is 1. The first-order valence-electron chi connectivity index (χ1n) is 8.94. The van der Waals surface area contributed by atoms with Crippen molar-refractivity contribution in [1.29, 1.82) is 0 Å². The van der Waals surface area contributed by atoms with Crippen LogP contribution in [-0.4, -0.2) is 15.5 Å². The summed E-state index contributed by atoms with van der Waals surface area (Å²) in [5.41, 5.74) is 4.32. The lowest BCUT2D eigenvalue weighted by Crippen LogP contribution is -2.21. The van der Waals surface area contributed by atoms with Gasteiger partial charge < -0.3 is 9.47 Å². The summed E-state index contributed by atoms with van der Waals surface area (Å²) in [5, 5.41) is 4.56. The number of nitrogens with two attached hydrogens (primary N) is 1. The quantitative estimate of drug-likeness (QED) is 0.718. The molecule has 28 heavy (non-hydrogen) atoms. The van der Waals surface area contributed by atoms with E-state index in [-0.39, 0.29) is 6.10 Å². The van der Waals surface area contributed by atoms with Gasteiger partial charge in [0.05, 0.1) is 17.9 Å². The van der Waals surface area contributed by atoms with Gasteiger partial charge >= 0.3 is 0 Å². The molecule has 3 aromatic rings. The Kier molecular flexibility index (Phi) is 4.61. The molecule has 6 heteroatoms. The van der Waals surface area contributed by atoms with Crippen LogP contribution in [-0.2, 0) is 10.0 Å². The lowest BCUT2D eigenvalue weighted by Gasteiger charge is -2.31. The van der Waals surface area contributed by atoms with E-state index in [0.29, 0.717) is 11.3 Å². The minimum absolute atomic E-state index is 0.358. The van der Waals surface area contributed by atoms with Gasteiger partial charge in [-0.1, -0.05) is 48.5 Å². The minimum Gasteiger partial charge on any atom is -0.496 e. The molecule has 0 fully saturated rings. The van der Waals surface area contributed by atoms with Crippen LogP contribution in [0.1, 0.15) is 35.0 Å². The van der Waals surface area contributed by atoms with E-state index in [1.807, 2.05) is 60.7 Å². The number of fused-ring (bicyclic) bond motifs is 3. The summed E-state index contributed by atoms with van der Waals surface area (Å²) in [7, 11) is -2.08. The van der Waals surface area contributed by atoms with Crippen LogP contribution in [0.2, 0.25) is 0 Å². The zero-order chi connectivity index (χ0) is 19.9. The molecule has 0 radical (unpaired) electrons. The number of rotatable bonds is 4. The Labute approximate surface area is 164 Å². The molecule has 5 nitrogen and oxygen atoms in total. The fourth-order valence-electron chi connectivity index (χ4n) is 3.58.